The third-order valence-corrected chi connectivity index (χ3v) is 18.6. The van der Waals surface area contributed by atoms with Crippen LogP contribution in [0.2, 0.25) is 0 Å². The molecule has 0 radical (unpaired) electrons. The lowest BCUT2D eigenvalue weighted by Gasteiger charge is -2.69. The maximum atomic E-state index is 13.8. The predicted octanol–water partition coefficient (Wildman–Crippen LogP) is 9.78. The summed E-state index contributed by atoms with van der Waals surface area (Å²) in [6.45, 7) is 11.0. The first-order chi connectivity index (χ1) is 41.4. The number of hydrogen-bond donors (Lipinski definition) is 3. The minimum atomic E-state index is -1.13. The number of amides is 5. The van der Waals surface area contributed by atoms with Crippen LogP contribution in [0.1, 0.15) is 121 Å². The topological polar surface area (TPSA) is 237 Å². The Morgan fingerprint density at radius 2 is 1.59 bits per heavy atom. The monoisotopic (exact) mass is 1190 g/mol. The molecule has 3 N–H and O–H groups in total. The summed E-state index contributed by atoms with van der Waals surface area (Å²) in [4.78, 5) is 89.7. The van der Waals surface area contributed by atoms with Crippen LogP contribution >= 0.6 is 11.3 Å². The van der Waals surface area contributed by atoms with Crippen molar-refractivity contribution >= 4 is 68.2 Å². The molecule has 3 aromatic carbocycles. The quantitative estimate of drug-likeness (QED) is 0.0338. The van der Waals surface area contributed by atoms with Gasteiger partial charge in [0.1, 0.15) is 24.8 Å². The van der Waals surface area contributed by atoms with Crippen LogP contribution in [0.25, 0.3) is 21.3 Å². The molecule has 6 aromatic rings. The molecule has 0 saturated heterocycles. The van der Waals surface area contributed by atoms with Gasteiger partial charge in [-0.2, -0.15) is 5.10 Å². The van der Waals surface area contributed by atoms with Crippen molar-refractivity contribution in [2.24, 2.45) is 16.2 Å². The van der Waals surface area contributed by atoms with E-state index in [-0.39, 0.29) is 57.8 Å². The average molecular weight is 1190 g/mol. The number of benzene rings is 3. The molecule has 21 heteroatoms. The van der Waals surface area contributed by atoms with Crippen LogP contribution in [0.15, 0.2) is 97.2 Å². The third kappa shape index (κ3) is 13.5. The van der Waals surface area contributed by atoms with Gasteiger partial charge in [-0.15, -0.1) is 0 Å². The summed E-state index contributed by atoms with van der Waals surface area (Å²) in [6, 6.07) is 24.6. The van der Waals surface area contributed by atoms with E-state index in [2.05, 4.69) is 34.1 Å². The van der Waals surface area contributed by atoms with Gasteiger partial charge in [0.25, 0.3) is 17.7 Å². The molecule has 2 unspecified atom stereocenters. The van der Waals surface area contributed by atoms with Gasteiger partial charge in [-0.3, -0.25) is 34.1 Å². The van der Waals surface area contributed by atoms with E-state index in [9.17, 15) is 33.9 Å². The number of carbonyl (C=O) groups is 6. The number of thiazole rings is 1. The maximum Gasteiger partial charge on any atom is 0.409 e. The zero-order chi connectivity index (χ0) is 60.2. The van der Waals surface area contributed by atoms with Crippen LogP contribution in [0.4, 0.5) is 15.7 Å². The van der Waals surface area contributed by atoms with E-state index in [4.69, 9.17) is 29.0 Å². The number of likely N-dealkylation sites (N-methyl/N-ethyl adjacent to an activating group) is 1. The Labute approximate surface area is 504 Å². The van der Waals surface area contributed by atoms with Gasteiger partial charge < -0.3 is 39.2 Å². The minimum Gasteiger partial charge on any atom is -0.491 e. The molecule has 4 fully saturated rings. The number of anilines is 2. The second kappa shape index (κ2) is 25.1. The first-order valence-corrected chi connectivity index (χ1v) is 30.6. The van der Waals surface area contributed by atoms with E-state index in [0.29, 0.717) is 119 Å². The minimum absolute atomic E-state index is 0.0544. The van der Waals surface area contributed by atoms with E-state index in [1.54, 1.807) is 18.1 Å². The zero-order valence-corrected chi connectivity index (χ0v) is 50.2. The third-order valence-electron chi connectivity index (χ3n) is 17.7. The van der Waals surface area contributed by atoms with Crippen molar-refractivity contribution in [2.75, 3.05) is 69.9 Å². The second-order valence-corrected chi connectivity index (χ2v) is 25.9. The summed E-state index contributed by atoms with van der Waals surface area (Å²) in [5.74, 6) is -0.851. The van der Waals surface area contributed by atoms with E-state index in [1.807, 2.05) is 90.7 Å². The number of carboxylic acid groups (broad SMARTS) is 1. The molecule has 4 bridgehead atoms. The van der Waals surface area contributed by atoms with Crippen molar-refractivity contribution in [1.82, 2.24) is 34.9 Å². The van der Waals surface area contributed by atoms with Crippen LogP contribution in [0.5, 0.6) is 5.75 Å². The second-order valence-electron chi connectivity index (χ2n) is 24.8. The van der Waals surface area contributed by atoms with Gasteiger partial charge in [-0.25, -0.2) is 19.6 Å². The fourth-order valence-corrected chi connectivity index (χ4v) is 15.8. The molecule has 20 nitrogen and oxygen atoms in total. The number of imide groups is 1. The lowest BCUT2D eigenvalue weighted by Crippen LogP contribution is -2.64. The van der Waals surface area contributed by atoms with E-state index >= 15 is 0 Å². The van der Waals surface area contributed by atoms with E-state index in [0.717, 1.165) is 83.1 Å². The number of carbonyl (C=O) groups excluding carboxylic acids is 5. The number of hydrogen-bond acceptors (Lipinski definition) is 15. The number of rotatable bonds is 26. The van der Waals surface area contributed by atoms with Gasteiger partial charge >= 0.3 is 12.1 Å². The van der Waals surface area contributed by atoms with Crippen molar-refractivity contribution in [3.8, 4) is 16.9 Å². The molecule has 5 amide bonds. The number of para-hydroxylation sites is 1. The molecule has 0 spiro atoms. The Morgan fingerprint density at radius 3 is 2.36 bits per heavy atom. The van der Waals surface area contributed by atoms with E-state index < -0.39 is 12.1 Å². The van der Waals surface area contributed by atoms with Gasteiger partial charge in [0.05, 0.1) is 41.8 Å². The lowest BCUT2D eigenvalue weighted by atomic mass is 9.39. The Bertz CT molecular complexity index is 3510. The Balaban J connectivity index is 0.632. The zero-order valence-electron chi connectivity index (χ0n) is 49.4. The number of aromatic nitrogens is 4. The number of nitrogens with zero attached hydrogens (tertiary/aromatic N) is 7. The standard InChI is InChI=1S/C65H75N9O11S/c1-43-49(47-20-21-53(69-57(47)59(79)80)72-27-24-45-11-10-12-48(50(45)34-72)58(78)70-60-68-51-13-7-8-14-52(51)86-60)33-67-74(43)42-64-37-62(2)36-63(3,38-64)40-65(39-62,41-64)85-30-28-71(4)61(81)84-35-44-16-18-46(19-17-44)83-32-31-82-29-25-66-54(75)15-6-5-9-26-73-55(76)22-23-56(73)77/h7-8,10-14,16-23,33H,5-6,9,15,24-32,34-42H2,1-4H3,(H,66,75)(H,79,80)(H,68,70,78). The summed E-state index contributed by atoms with van der Waals surface area (Å²) in [5.41, 5.74) is 5.82. The van der Waals surface area contributed by atoms with Crippen molar-refractivity contribution < 1.29 is 52.8 Å². The number of aromatic carboxylic acids is 1. The molecule has 4 saturated carbocycles. The molecule has 3 aromatic heterocycles. The highest BCUT2D eigenvalue weighted by molar-refractivity contribution is 7.22. The average Bonchev–Trinajstić information content (AvgIpc) is 0.792. The molecule has 4 aliphatic carbocycles. The molecular weight excluding hydrogens is 1110 g/mol. The number of pyridine rings is 1. The molecule has 5 heterocycles. The fraction of sp³-hybridized carbons (Fsp3) is 0.462. The fourth-order valence-electron chi connectivity index (χ4n) is 14.9. The lowest BCUT2D eigenvalue weighted by molar-refractivity contribution is -0.248. The van der Waals surface area contributed by atoms with Crippen molar-refractivity contribution in [3.63, 3.8) is 0 Å². The first kappa shape index (κ1) is 59.7. The molecule has 12 rings (SSSR count). The molecule has 452 valence electrons. The van der Waals surface area contributed by atoms with Crippen molar-refractivity contribution in [3.05, 3.63) is 131 Å². The van der Waals surface area contributed by atoms with E-state index in [1.165, 1.54) is 28.4 Å². The molecule has 2 aliphatic heterocycles. The number of carboxylic acids is 1. The highest BCUT2D eigenvalue weighted by atomic mass is 32.1. The number of fused-ring (bicyclic) bond motifs is 2. The summed E-state index contributed by atoms with van der Waals surface area (Å²) < 4.78 is 27.2. The molecule has 2 atom stereocenters. The number of nitrogens with one attached hydrogen (secondary N) is 2. The Kier molecular flexibility index (Phi) is 17.5. The van der Waals surface area contributed by atoms with Gasteiger partial charge in [0.2, 0.25) is 5.91 Å². The van der Waals surface area contributed by atoms with Gasteiger partial charge in [0, 0.05) is 87.3 Å². The highest BCUT2D eigenvalue weighted by Crippen LogP contribution is 2.72. The Morgan fingerprint density at radius 1 is 0.814 bits per heavy atom. The van der Waals surface area contributed by atoms with Crippen LogP contribution in [0.3, 0.4) is 0 Å². The van der Waals surface area contributed by atoms with Gasteiger partial charge in [0.15, 0.2) is 10.8 Å². The SMILES string of the molecule is Cc1c(-c2ccc(N3CCc4cccc(C(=O)Nc5nc6ccccc6s5)c4C3)nc2C(=O)O)cnn1CC12CC3(C)CC(C)(C1)CC(OCCN(C)C(=O)OCc1ccc(OCCOCCNC(=O)CCCCCN4C(=O)C=CC4=O)cc1)(C3)C2. The summed E-state index contributed by atoms with van der Waals surface area (Å²) in [7, 11) is 1.73. The summed E-state index contributed by atoms with van der Waals surface area (Å²) >= 11 is 1.43. The van der Waals surface area contributed by atoms with Crippen LogP contribution in [0, 0.1) is 23.2 Å². The van der Waals surface area contributed by atoms with Gasteiger partial charge in [-0.05, 0) is 140 Å². The molecule has 6 aliphatic rings. The van der Waals surface area contributed by atoms with Crippen molar-refractivity contribution in [1.29, 1.82) is 0 Å². The predicted molar refractivity (Wildman–Crippen MR) is 324 cm³/mol. The molecular formula is C65H75N9O11S. The largest absolute Gasteiger partial charge is 0.491 e. The Hall–Kier alpha value is -8.01. The number of ether oxygens (including phenoxy) is 4. The van der Waals surface area contributed by atoms with Crippen molar-refractivity contribution in [2.45, 2.75) is 117 Å². The van der Waals surface area contributed by atoms with Crippen LogP contribution in [-0.4, -0.2) is 136 Å². The van der Waals surface area contributed by atoms with Crippen LogP contribution in [-0.2, 0) is 54.7 Å². The van der Waals surface area contributed by atoms with Gasteiger partial charge in [-0.1, -0.05) is 68.0 Å². The smallest absolute Gasteiger partial charge is 0.409 e. The normalized spacial score (nSPS) is 21.9. The molecule has 86 heavy (non-hydrogen) atoms. The number of unbranched alkanes of at least 4 members (excludes halogenated alkanes) is 2. The highest BCUT2D eigenvalue weighted by Gasteiger charge is 2.66. The van der Waals surface area contributed by atoms with Crippen LogP contribution < -0.4 is 20.3 Å². The summed E-state index contributed by atoms with van der Waals surface area (Å²) in [5, 5.41) is 22.0. The maximum absolute atomic E-state index is 13.8. The summed E-state index contributed by atoms with van der Waals surface area (Å²) in [6.07, 6.45) is 12.9. The first-order valence-electron chi connectivity index (χ1n) is 29.8.